The van der Waals surface area contributed by atoms with E-state index < -0.39 is 0 Å². The number of carbonyl (C=O) groups is 1. The van der Waals surface area contributed by atoms with Crippen molar-refractivity contribution in [3.8, 4) is 0 Å². The van der Waals surface area contributed by atoms with E-state index in [9.17, 15) is 4.79 Å². The topological polar surface area (TPSA) is 44.4 Å². The second-order valence-corrected chi connectivity index (χ2v) is 7.88. The molecule has 0 spiro atoms. The lowest BCUT2D eigenvalue weighted by molar-refractivity contribution is -0.121. The lowest BCUT2D eigenvalue weighted by Gasteiger charge is -2.19. The van der Waals surface area contributed by atoms with Crippen molar-refractivity contribution in [1.82, 2.24) is 15.5 Å². The molecule has 0 aromatic heterocycles. The highest BCUT2D eigenvalue weighted by Gasteiger charge is 2.05. The molecule has 4 nitrogen and oxygen atoms in total. The molecule has 4 heteroatoms. The number of hydrogen-bond acceptors (Lipinski definition) is 3. The summed E-state index contributed by atoms with van der Waals surface area (Å²) in [5.74, 6) is 0.205. The summed E-state index contributed by atoms with van der Waals surface area (Å²) in [7, 11) is 1.97. The second-order valence-electron chi connectivity index (χ2n) is 7.88. The minimum absolute atomic E-state index is 0.205. The molecule has 0 rings (SSSR count). The summed E-state index contributed by atoms with van der Waals surface area (Å²) in [5, 5.41) is 6.24. The fourth-order valence-electron chi connectivity index (χ4n) is 3.42. The Morgan fingerprint density at radius 1 is 0.704 bits per heavy atom. The molecule has 0 aliphatic carbocycles. The van der Waals surface area contributed by atoms with Gasteiger partial charge < -0.3 is 15.5 Å². The number of carbonyl (C=O) groups excluding carboxylic acids is 1. The average molecular weight is 384 g/mol. The lowest BCUT2D eigenvalue weighted by Crippen LogP contribution is -2.34. The van der Waals surface area contributed by atoms with Crippen LogP contribution in [0.5, 0.6) is 0 Å². The molecule has 0 fully saturated rings. The first-order valence-corrected chi connectivity index (χ1v) is 11.9. The van der Waals surface area contributed by atoms with Gasteiger partial charge in [0.25, 0.3) is 0 Å². The maximum atomic E-state index is 11.9. The number of amides is 1. The predicted octanol–water partition coefficient (Wildman–Crippen LogP) is 5.13. The van der Waals surface area contributed by atoms with Crippen LogP contribution in [-0.2, 0) is 4.79 Å². The Bertz CT molecular complexity index is 310. The van der Waals surface area contributed by atoms with Crippen LogP contribution in [0, 0.1) is 0 Å². The Hall–Kier alpha value is -0.610. The summed E-state index contributed by atoms with van der Waals surface area (Å²) in [4.78, 5) is 14.2. The zero-order valence-corrected chi connectivity index (χ0v) is 18.8. The summed E-state index contributed by atoms with van der Waals surface area (Å²) in [6.07, 6.45) is 18.4. The minimum Gasteiger partial charge on any atom is -0.356 e. The summed E-state index contributed by atoms with van der Waals surface area (Å²) >= 11 is 0. The molecule has 0 heterocycles. The molecule has 0 radical (unpaired) electrons. The highest BCUT2D eigenvalue weighted by atomic mass is 16.1. The van der Waals surface area contributed by atoms with Crippen LogP contribution in [-0.4, -0.2) is 50.6 Å². The van der Waals surface area contributed by atoms with E-state index in [0.29, 0.717) is 6.42 Å². The van der Waals surface area contributed by atoms with E-state index in [4.69, 9.17) is 0 Å². The maximum Gasteiger partial charge on any atom is 0.221 e. The van der Waals surface area contributed by atoms with Gasteiger partial charge in [-0.15, -0.1) is 0 Å². The van der Waals surface area contributed by atoms with Crippen molar-refractivity contribution in [1.29, 1.82) is 0 Å². The van der Waals surface area contributed by atoms with Crippen LogP contribution >= 0.6 is 0 Å². The first-order valence-electron chi connectivity index (χ1n) is 11.9. The van der Waals surface area contributed by atoms with Gasteiger partial charge in [-0.25, -0.2) is 0 Å². The summed E-state index contributed by atoms with van der Waals surface area (Å²) in [5.41, 5.74) is 0. The van der Waals surface area contributed by atoms with E-state index in [-0.39, 0.29) is 5.91 Å². The molecule has 0 unspecified atom stereocenters. The highest BCUT2D eigenvalue weighted by molar-refractivity contribution is 5.75. The Morgan fingerprint density at radius 2 is 1.22 bits per heavy atom. The lowest BCUT2D eigenvalue weighted by atomic mass is 10.0. The molecule has 0 atom stereocenters. The summed E-state index contributed by atoms with van der Waals surface area (Å²) < 4.78 is 0. The third kappa shape index (κ3) is 19.9. The van der Waals surface area contributed by atoms with Crippen LogP contribution in [0.4, 0.5) is 0 Å². The Balaban J connectivity index is 3.28. The Kier molecular flexibility index (Phi) is 21.2. The van der Waals surface area contributed by atoms with E-state index in [1.807, 2.05) is 7.05 Å². The number of nitrogens with zero attached hydrogens (tertiary/aromatic N) is 1. The number of nitrogens with one attached hydrogen (secondary N) is 2. The fourth-order valence-corrected chi connectivity index (χ4v) is 3.42. The highest BCUT2D eigenvalue weighted by Crippen LogP contribution is 2.12. The standard InChI is InChI=1S/C23H49N3O/c1-4-6-7-8-9-10-11-12-13-14-15-16-17-19-25-23(27)18-21-26(5-2)22-20-24-3/h24H,4-22H2,1-3H3,(H,25,27). The van der Waals surface area contributed by atoms with Gasteiger partial charge >= 0.3 is 0 Å². The second kappa shape index (κ2) is 21.7. The molecule has 2 N–H and O–H groups in total. The molecule has 0 aliphatic heterocycles. The monoisotopic (exact) mass is 383 g/mol. The van der Waals surface area contributed by atoms with E-state index in [1.165, 1.54) is 77.0 Å². The van der Waals surface area contributed by atoms with Gasteiger partial charge in [0.15, 0.2) is 0 Å². The summed E-state index contributed by atoms with van der Waals surface area (Å²) in [6, 6.07) is 0. The smallest absolute Gasteiger partial charge is 0.221 e. The number of likely N-dealkylation sites (N-methyl/N-ethyl adjacent to an activating group) is 2. The van der Waals surface area contributed by atoms with Crippen molar-refractivity contribution in [3.63, 3.8) is 0 Å². The van der Waals surface area contributed by atoms with Gasteiger partial charge in [-0.2, -0.15) is 0 Å². The van der Waals surface area contributed by atoms with Crippen molar-refractivity contribution < 1.29 is 4.79 Å². The van der Waals surface area contributed by atoms with E-state index in [1.54, 1.807) is 0 Å². The van der Waals surface area contributed by atoms with Crippen molar-refractivity contribution >= 4 is 5.91 Å². The molecule has 0 aliphatic rings. The normalized spacial score (nSPS) is 11.3. The van der Waals surface area contributed by atoms with Gasteiger partial charge in [0.1, 0.15) is 0 Å². The van der Waals surface area contributed by atoms with E-state index >= 15 is 0 Å². The molecule has 27 heavy (non-hydrogen) atoms. The van der Waals surface area contributed by atoms with Crippen molar-refractivity contribution in [2.24, 2.45) is 0 Å². The van der Waals surface area contributed by atoms with Crippen LogP contribution < -0.4 is 10.6 Å². The van der Waals surface area contributed by atoms with Crippen LogP contribution in [0.15, 0.2) is 0 Å². The molecule has 0 aromatic carbocycles. The van der Waals surface area contributed by atoms with Crippen molar-refractivity contribution in [2.75, 3.05) is 39.8 Å². The van der Waals surface area contributed by atoms with Crippen molar-refractivity contribution in [3.05, 3.63) is 0 Å². The minimum atomic E-state index is 0.205. The third-order valence-electron chi connectivity index (χ3n) is 5.38. The van der Waals surface area contributed by atoms with Crippen LogP contribution in [0.3, 0.4) is 0 Å². The number of unbranched alkanes of at least 4 members (excludes halogenated alkanes) is 12. The van der Waals surface area contributed by atoms with Crippen molar-refractivity contribution in [2.45, 2.75) is 104 Å². The van der Waals surface area contributed by atoms with Gasteiger partial charge in [-0.1, -0.05) is 90.9 Å². The zero-order chi connectivity index (χ0) is 20.0. The van der Waals surface area contributed by atoms with Gasteiger partial charge in [0, 0.05) is 32.6 Å². The molecule has 1 amide bonds. The predicted molar refractivity (Wildman–Crippen MR) is 119 cm³/mol. The van der Waals surface area contributed by atoms with Gasteiger partial charge in [-0.3, -0.25) is 4.79 Å². The fraction of sp³-hybridized carbons (Fsp3) is 0.957. The van der Waals surface area contributed by atoms with Crippen LogP contribution in [0.2, 0.25) is 0 Å². The largest absolute Gasteiger partial charge is 0.356 e. The molecule has 0 saturated carbocycles. The molecule has 0 bridgehead atoms. The number of hydrogen-bond donors (Lipinski definition) is 2. The first kappa shape index (κ1) is 26.4. The molecular weight excluding hydrogens is 334 g/mol. The molecular formula is C23H49N3O. The average Bonchev–Trinajstić information content (AvgIpc) is 2.68. The SMILES string of the molecule is CCCCCCCCCCCCCCCNC(=O)CCN(CC)CCNC. The van der Waals surface area contributed by atoms with Crippen LogP contribution in [0.1, 0.15) is 104 Å². The molecule has 162 valence electrons. The van der Waals surface area contributed by atoms with E-state index in [2.05, 4.69) is 29.4 Å². The van der Waals surface area contributed by atoms with Gasteiger partial charge in [0.2, 0.25) is 5.91 Å². The first-order chi connectivity index (χ1) is 13.2. The van der Waals surface area contributed by atoms with Gasteiger partial charge in [-0.05, 0) is 20.0 Å². The Labute approximate surface area is 170 Å². The zero-order valence-electron chi connectivity index (χ0n) is 18.8. The summed E-state index contributed by atoms with van der Waals surface area (Å²) in [6.45, 7) is 9.14. The molecule has 0 saturated heterocycles. The number of rotatable bonds is 21. The Morgan fingerprint density at radius 3 is 1.70 bits per heavy atom. The van der Waals surface area contributed by atoms with Gasteiger partial charge in [0.05, 0.1) is 0 Å². The molecule has 0 aromatic rings. The van der Waals surface area contributed by atoms with Crippen LogP contribution in [0.25, 0.3) is 0 Å². The van der Waals surface area contributed by atoms with E-state index in [0.717, 1.165) is 39.1 Å². The third-order valence-corrected chi connectivity index (χ3v) is 5.38. The quantitative estimate of drug-likeness (QED) is 0.270. The maximum absolute atomic E-state index is 11.9.